The molecule has 0 aliphatic carbocycles. The van der Waals surface area contributed by atoms with E-state index in [9.17, 15) is 0 Å². The van der Waals surface area contributed by atoms with Crippen LogP contribution in [0.1, 0.15) is 33.1 Å². The van der Waals surface area contributed by atoms with Crippen LogP contribution in [0.25, 0.3) is 0 Å². The average molecular weight is 216 g/mol. The predicted molar refractivity (Wildman–Crippen MR) is 62.2 cm³/mol. The second-order valence-corrected chi connectivity index (χ2v) is 3.27. The highest BCUT2D eigenvalue weighted by molar-refractivity contribution is 4.72. The first-order valence-electron chi connectivity index (χ1n) is 5.60. The summed E-state index contributed by atoms with van der Waals surface area (Å²) in [7, 11) is 0. The Morgan fingerprint density at radius 3 is 2.33 bits per heavy atom. The number of nitrogens with one attached hydrogen (secondary N) is 1. The van der Waals surface area contributed by atoms with Crippen molar-refractivity contribution in [2.45, 2.75) is 45.4 Å². The zero-order chi connectivity index (χ0) is 11.5. The largest absolute Gasteiger partial charge is 0.351 e. The van der Waals surface area contributed by atoms with Gasteiger partial charge in [0.25, 0.3) is 0 Å². The number of hydrogen-bond acceptors (Lipinski definition) is 4. The highest BCUT2D eigenvalue weighted by atomic mass is 16.7. The van der Waals surface area contributed by atoms with Crippen LogP contribution in [0.2, 0.25) is 0 Å². The van der Waals surface area contributed by atoms with Crippen molar-refractivity contribution >= 4 is 0 Å². The maximum atomic E-state index is 5.48. The zero-order valence-electron chi connectivity index (χ0n) is 9.87. The highest BCUT2D eigenvalue weighted by Gasteiger charge is 2.20. The molecule has 0 aromatic carbocycles. The third-order valence-electron chi connectivity index (χ3n) is 2.13. The van der Waals surface area contributed by atoms with Gasteiger partial charge in [0.1, 0.15) is 0 Å². The van der Waals surface area contributed by atoms with E-state index in [-0.39, 0.29) is 12.3 Å². The summed E-state index contributed by atoms with van der Waals surface area (Å²) >= 11 is 0. The number of ether oxygens (including phenoxy) is 2. The van der Waals surface area contributed by atoms with E-state index >= 15 is 0 Å². The maximum Gasteiger partial charge on any atom is 0.173 e. The molecule has 0 aromatic heterocycles. The minimum Gasteiger partial charge on any atom is -0.351 e. The summed E-state index contributed by atoms with van der Waals surface area (Å²) in [4.78, 5) is 0. The average Bonchev–Trinajstić information content (AvgIpc) is 2.24. The number of allylic oxidation sites excluding steroid dienone is 1. The second-order valence-electron chi connectivity index (χ2n) is 3.27. The molecule has 0 aliphatic rings. The fourth-order valence-corrected chi connectivity index (χ4v) is 1.39. The van der Waals surface area contributed by atoms with Crippen LogP contribution < -0.4 is 11.3 Å². The Labute approximate surface area is 92.8 Å². The normalized spacial score (nSPS) is 13.1. The zero-order valence-corrected chi connectivity index (χ0v) is 9.87. The molecule has 0 radical (unpaired) electrons. The monoisotopic (exact) mass is 216 g/mol. The molecule has 0 rings (SSSR count). The minimum atomic E-state index is -0.255. The number of hydrogen-bond donors (Lipinski definition) is 2. The van der Waals surface area contributed by atoms with Crippen molar-refractivity contribution in [2.24, 2.45) is 5.84 Å². The molecule has 1 unspecified atom stereocenters. The summed E-state index contributed by atoms with van der Waals surface area (Å²) in [5.74, 6) is 5.48. The number of unbranched alkanes of at least 4 members (excludes halogenated alkanes) is 1. The lowest BCUT2D eigenvalue weighted by Gasteiger charge is -2.25. The molecule has 0 spiro atoms. The summed E-state index contributed by atoms with van der Waals surface area (Å²) in [5, 5.41) is 0. The highest BCUT2D eigenvalue weighted by Crippen LogP contribution is 2.09. The van der Waals surface area contributed by atoms with Gasteiger partial charge in [-0.3, -0.25) is 11.3 Å². The van der Waals surface area contributed by atoms with E-state index in [1.54, 1.807) is 0 Å². The molecule has 0 aliphatic heterocycles. The van der Waals surface area contributed by atoms with E-state index in [2.05, 4.69) is 12.0 Å². The van der Waals surface area contributed by atoms with Gasteiger partial charge in [-0.05, 0) is 33.1 Å². The van der Waals surface area contributed by atoms with Crippen LogP contribution in [0.15, 0.2) is 12.7 Å². The lowest BCUT2D eigenvalue weighted by atomic mass is 10.1. The van der Waals surface area contributed by atoms with Crippen molar-refractivity contribution in [3.05, 3.63) is 12.7 Å². The fourth-order valence-electron chi connectivity index (χ4n) is 1.39. The van der Waals surface area contributed by atoms with Crippen LogP contribution in [0.3, 0.4) is 0 Å². The SMILES string of the molecule is C=CCCCC(NN)C(OCC)OCC. The predicted octanol–water partition coefficient (Wildman–Crippen LogP) is 1.57. The van der Waals surface area contributed by atoms with Gasteiger partial charge in [0, 0.05) is 13.2 Å². The van der Waals surface area contributed by atoms with E-state index in [0.29, 0.717) is 13.2 Å². The summed E-state index contributed by atoms with van der Waals surface area (Å²) < 4.78 is 11.0. The third-order valence-corrected chi connectivity index (χ3v) is 2.13. The smallest absolute Gasteiger partial charge is 0.173 e. The van der Waals surface area contributed by atoms with Gasteiger partial charge in [-0.2, -0.15) is 0 Å². The summed E-state index contributed by atoms with van der Waals surface area (Å²) in [6, 6.07) is 0.0462. The molecule has 0 bridgehead atoms. The van der Waals surface area contributed by atoms with Crippen molar-refractivity contribution < 1.29 is 9.47 Å². The van der Waals surface area contributed by atoms with Gasteiger partial charge >= 0.3 is 0 Å². The molecule has 4 nitrogen and oxygen atoms in total. The first kappa shape index (κ1) is 14.6. The second kappa shape index (κ2) is 10.1. The van der Waals surface area contributed by atoms with Crippen molar-refractivity contribution in [3.8, 4) is 0 Å². The van der Waals surface area contributed by atoms with Gasteiger partial charge in [0.2, 0.25) is 0 Å². The van der Waals surface area contributed by atoms with Gasteiger partial charge in [-0.25, -0.2) is 0 Å². The molecule has 0 aromatic rings. The Kier molecular flexibility index (Phi) is 9.83. The van der Waals surface area contributed by atoms with Crippen molar-refractivity contribution in [1.82, 2.24) is 5.43 Å². The molecule has 15 heavy (non-hydrogen) atoms. The number of hydrazine groups is 1. The topological polar surface area (TPSA) is 56.5 Å². The minimum absolute atomic E-state index is 0.0462. The molecular weight excluding hydrogens is 192 g/mol. The lowest BCUT2D eigenvalue weighted by molar-refractivity contribution is -0.155. The standard InChI is InChI=1S/C11H24N2O2/c1-4-7-8-9-10(13-12)11(14-5-2)15-6-3/h4,10-11,13H,1,5-9,12H2,2-3H3. The molecule has 4 heteroatoms. The van der Waals surface area contributed by atoms with E-state index in [4.69, 9.17) is 15.3 Å². The van der Waals surface area contributed by atoms with Gasteiger partial charge < -0.3 is 9.47 Å². The Bertz CT molecular complexity index is 148. The quantitative estimate of drug-likeness (QED) is 0.191. The molecular formula is C11H24N2O2. The first-order valence-corrected chi connectivity index (χ1v) is 5.60. The van der Waals surface area contributed by atoms with Crippen LogP contribution in [0, 0.1) is 0 Å². The Hall–Kier alpha value is -0.420. The van der Waals surface area contributed by atoms with E-state index in [1.165, 1.54) is 0 Å². The molecule has 1 atom stereocenters. The van der Waals surface area contributed by atoms with Crippen LogP contribution in [0.4, 0.5) is 0 Å². The van der Waals surface area contributed by atoms with E-state index in [1.807, 2.05) is 19.9 Å². The fraction of sp³-hybridized carbons (Fsp3) is 0.818. The molecule has 3 N–H and O–H groups in total. The first-order chi connectivity index (χ1) is 7.29. The molecule has 0 amide bonds. The van der Waals surface area contributed by atoms with Crippen molar-refractivity contribution in [2.75, 3.05) is 13.2 Å². The molecule has 90 valence electrons. The van der Waals surface area contributed by atoms with Crippen LogP contribution in [-0.2, 0) is 9.47 Å². The molecule has 0 heterocycles. The van der Waals surface area contributed by atoms with E-state index in [0.717, 1.165) is 19.3 Å². The van der Waals surface area contributed by atoms with Gasteiger partial charge in [-0.15, -0.1) is 6.58 Å². The van der Waals surface area contributed by atoms with Crippen LogP contribution in [0.5, 0.6) is 0 Å². The van der Waals surface area contributed by atoms with Crippen molar-refractivity contribution in [1.29, 1.82) is 0 Å². The Morgan fingerprint density at radius 1 is 1.33 bits per heavy atom. The molecule has 0 fully saturated rings. The summed E-state index contributed by atoms with van der Waals surface area (Å²) in [6.45, 7) is 8.84. The molecule has 0 saturated heterocycles. The maximum absolute atomic E-state index is 5.48. The van der Waals surface area contributed by atoms with Crippen LogP contribution in [-0.4, -0.2) is 25.5 Å². The molecule has 0 saturated carbocycles. The summed E-state index contributed by atoms with van der Waals surface area (Å²) in [6.07, 6.45) is 4.60. The Balaban J connectivity index is 3.98. The third kappa shape index (κ3) is 6.62. The van der Waals surface area contributed by atoms with Crippen LogP contribution >= 0.6 is 0 Å². The van der Waals surface area contributed by atoms with Gasteiger partial charge in [-0.1, -0.05) is 6.08 Å². The Morgan fingerprint density at radius 2 is 1.93 bits per heavy atom. The number of nitrogens with two attached hydrogens (primary N) is 1. The van der Waals surface area contributed by atoms with Gasteiger partial charge in [0.05, 0.1) is 6.04 Å². The van der Waals surface area contributed by atoms with Gasteiger partial charge in [0.15, 0.2) is 6.29 Å². The summed E-state index contributed by atoms with van der Waals surface area (Å²) in [5.41, 5.74) is 2.75. The van der Waals surface area contributed by atoms with E-state index < -0.39 is 0 Å². The van der Waals surface area contributed by atoms with Crippen molar-refractivity contribution in [3.63, 3.8) is 0 Å². The number of rotatable bonds is 10. The lowest BCUT2D eigenvalue weighted by Crippen LogP contribution is -2.46.